The van der Waals surface area contributed by atoms with E-state index in [0.29, 0.717) is 6.42 Å². The number of benzene rings is 1. The molecule has 1 amide bonds. The maximum Gasteiger partial charge on any atom is 0.222 e. The van der Waals surface area contributed by atoms with Crippen LogP contribution in [-0.2, 0) is 17.8 Å². The molecule has 1 aromatic rings. The molecule has 0 radical (unpaired) electrons. The number of rotatable bonds is 1. The summed E-state index contributed by atoms with van der Waals surface area (Å²) in [4.78, 5) is 13.7. The van der Waals surface area contributed by atoms with Crippen molar-refractivity contribution in [2.24, 2.45) is 0 Å². The summed E-state index contributed by atoms with van der Waals surface area (Å²) < 4.78 is 1.09. The highest BCUT2D eigenvalue weighted by Crippen LogP contribution is 2.22. The van der Waals surface area contributed by atoms with Gasteiger partial charge in [0.1, 0.15) is 0 Å². The average Bonchev–Trinajstić information content (AvgIpc) is 2.49. The normalized spacial score (nSPS) is 15.5. The van der Waals surface area contributed by atoms with Gasteiger partial charge in [0.05, 0.1) is 0 Å². The highest BCUT2D eigenvalue weighted by molar-refractivity contribution is 9.10. The molecular formula is C13H16BrNO. The molecule has 86 valence electrons. The van der Waals surface area contributed by atoms with Gasteiger partial charge in [-0.25, -0.2) is 0 Å². The van der Waals surface area contributed by atoms with E-state index in [1.165, 1.54) is 11.1 Å². The van der Waals surface area contributed by atoms with Crippen molar-refractivity contribution in [1.29, 1.82) is 0 Å². The highest BCUT2D eigenvalue weighted by Gasteiger charge is 2.17. The second kappa shape index (κ2) is 5.00. The molecule has 3 heteroatoms. The maximum absolute atomic E-state index is 11.7. The van der Waals surface area contributed by atoms with E-state index in [2.05, 4.69) is 34.1 Å². The van der Waals surface area contributed by atoms with Crippen LogP contribution in [-0.4, -0.2) is 17.4 Å². The second-order valence-electron chi connectivity index (χ2n) is 4.19. The van der Waals surface area contributed by atoms with Crippen LogP contribution in [0.25, 0.3) is 0 Å². The van der Waals surface area contributed by atoms with E-state index in [-0.39, 0.29) is 5.91 Å². The molecule has 0 N–H and O–H groups in total. The molecule has 0 saturated heterocycles. The fourth-order valence-electron chi connectivity index (χ4n) is 2.17. The lowest BCUT2D eigenvalue weighted by Crippen LogP contribution is -2.29. The number of carbonyl (C=O) groups excluding carboxylic acids is 1. The van der Waals surface area contributed by atoms with E-state index in [1.807, 2.05) is 11.8 Å². The van der Waals surface area contributed by atoms with Crippen molar-refractivity contribution < 1.29 is 4.79 Å². The Bertz CT molecular complexity index is 403. The summed E-state index contributed by atoms with van der Waals surface area (Å²) in [5, 5.41) is 0. The Labute approximate surface area is 105 Å². The Balaban J connectivity index is 2.25. The minimum absolute atomic E-state index is 0.257. The fraction of sp³-hybridized carbons (Fsp3) is 0.462. The van der Waals surface area contributed by atoms with E-state index in [9.17, 15) is 4.79 Å². The molecule has 1 aliphatic heterocycles. The first kappa shape index (κ1) is 11.6. The van der Waals surface area contributed by atoms with Crippen LogP contribution >= 0.6 is 15.9 Å². The van der Waals surface area contributed by atoms with Crippen molar-refractivity contribution in [3.63, 3.8) is 0 Å². The molecule has 0 atom stereocenters. The van der Waals surface area contributed by atoms with Gasteiger partial charge in [0.2, 0.25) is 5.91 Å². The van der Waals surface area contributed by atoms with E-state index in [4.69, 9.17) is 0 Å². The maximum atomic E-state index is 11.7. The van der Waals surface area contributed by atoms with Crippen molar-refractivity contribution in [1.82, 2.24) is 4.90 Å². The van der Waals surface area contributed by atoms with Crippen LogP contribution in [0.3, 0.4) is 0 Å². The Hall–Kier alpha value is -0.830. The number of halogens is 1. The summed E-state index contributed by atoms with van der Waals surface area (Å²) >= 11 is 3.49. The molecule has 1 heterocycles. The van der Waals surface area contributed by atoms with Gasteiger partial charge < -0.3 is 4.90 Å². The molecule has 0 unspecified atom stereocenters. The Morgan fingerprint density at radius 1 is 1.44 bits per heavy atom. The molecule has 0 spiro atoms. The quantitative estimate of drug-likeness (QED) is 0.775. The molecule has 1 aliphatic rings. The number of hydrogen-bond acceptors (Lipinski definition) is 1. The lowest BCUT2D eigenvalue weighted by Gasteiger charge is -2.20. The zero-order valence-electron chi connectivity index (χ0n) is 9.50. The molecule has 0 fully saturated rings. The summed E-state index contributed by atoms with van der Waals surface area (Å²) in [5.41, 5.74) is 2.67. The molecular weight excluding hydrogens is 266 g/mol. The molecule has 2 rings (SSSR count). The topological polar surface area (TPSA) is 20.3 Å². The number of amides is 1. The first-order valence-corrected chi connectivity index (χ1v) is 6.55. The minimum atomic E-state index is 0.257. The molecule has 0 aromatic heterocycles. The number of hydrogen-bond donors (Lipinski definition) is 0. The number of carbonyl (C=O) groups is 1. The minimum Gasteiger partial charge on any atom is -0.338 e. The fourth-order valence-corrected chi connectivity index (χ4v) is 2.58. The third-order valence-corrected chi connectivity index (χ3v) is 3.55. The first-order valence-electron chi connectivity index (χ1n) is 5.75. The van der Waals surface area contributed by atoms with Gasteiger partial charge in [0, 0.05) is 24.0 Å². The van der Waals surface area contributed by atoms with Crippen molar-refractivity contribution in [2.45, 2.75) is 32.7 Å². The van der Waals surface area contributed by atoms with Crippen LogP contribution in [0, 0.1) is 0 Å². The zero-order chi connectivity index (χ0) is 11.5. The number of aryl methyl sites for hydroxylation is 1. The van der Waals surface area contributed by atoms with E-state index < -0.39 is 0 Å². The monoisotopic (exact) mass is 281 g/mol. The lowest BCUT2D eigenvalue weighted by molar-refractivity contribution is -0.131. The van der Waals surface area contributed by atoms with Crippen LogP contribution in [0.2, 0.25) is 0 Å². The van der Waals surface area contributed by atoms with E-state index in [0.717, 1.165) is 30.4 Å². The largest absolute Gasteiger partial charge is 0.338 e. The Morgan fingerprint density at radius 3 is 3.00 bits per heavy atom. The smallest absolute Gasteiger partial charge is 0.222 e. The van der Waals surface area contributed by atoms with Gasteiger partial charge >= 0.3 is 0 Å². The molecule has 0 bridgehead atoms. The van der Waals surface area contributed by atoms with Crippen molar-refractivity contribution in [3.8, 4) is 0 Å². The van der Waals surface area contributed by atoms with Gasteiger partial charge in [-0.3, -0.25) is 4.79 Å². The van der Waals surface area contributed by atoms with E-state index >= 15 is 0 Å². The predicted molar refractivity (Wildman–Crippen MR) is 68.2 cm³/mol. The zero-order valence-corrected chi connectivity index (χ0v) is 11.1. The van der Waals surface area contributed by atoms with Gasteiger partial charge in [0.25, 0.3) is 0 Å². The predicted octanol–water partition coefficient (Wildman–Crippen LogP) is 3.13. The first-order chi connectivity index (χ1) is 7.70. The summed E-state index contributed by atoms with van der Waals surface area (Å²) in [7, 11) is 0. The Kier molecular flexibility index (Phi) is 3.64. The third kappa shape index (κ3) is 2.46. The van der Waals surface area contributed by atoms with Crippen LogP contribution in [0.1, 0.15) is 30.9 Å². The SMILES string of the molecule is CCC(=O)N1CCCc2ccc(Br)cc2C1. The third-order valence-electron chi connectivity index (χ3n) is 3.06. The molecule has 0 saturated carbocycles. The molecule has 16 heavy (non-hydrogen) atoms. The van der Waals surface area contributed by atoms with Crippen LogP contribution in [0.4, 0.5) is 0 Å². The second-order valence-corrected chi connectivity index (χ2v) is 5.10. The molecule has 1 aromatic carbocycles. The highest BCUT2D eigenvalue weighted by atomic mass is 79.9. The standard InChI is InChI=1S/C13H16BrNO/c1-2-13(16)15-7-3-4-10-5-6-12(14)8-11(10)9-15/h5-6,8H,2-4,7,9H2,1H3. The Morgan fingerprint density at radius 2 is 2.25 bits per heavy atom. The summed E-state index contributed by atoms with van der Waals surface area (Å²) in [6.07, 6.45) is 2.75. The van der Waals surface area contributed by atoms with Gasteiger partial charge in [-0.15, -0.1) is 0 Å². The summed E-state index contributed by atoms with van der Waals surface area (Å²) in [5.74, 6) is 0.257. The molecule has 0 aliphatic carbocycles. The van der Waals surface area contributed by atoms with Gasteiger partial charge in [0.15, 0.2) is 0 Å². The van der Waals surface area contributed by atoms with Crippen molar-refractivity contribution >= 4 is 21.8 Å². The molecule has 2 nitrogen and oxygen atoms in total. The van der Waals surface area contributed by atoms with Gasteiger partial charge in [-0.1, -0.05) is 28.9 Å². The lowest BCUT2D eigenvalue weighted by atomic mass is 10.0. The van der Waals surface area contributed by atoms with Crippen LogP contribution < -0.4 is 0 Å². The van der Waals surface area contributed by atoms with Gasteiger partial charge in [-0.05, 0) is 36.1 Å². The van der Waals surface area contributed by atoms with Gasteiger partial charge in [-0.2, -0.15) is 0 Å². The van der Waals surface area contributed by atoms with E-state index in [1.54, 1.807) is 0 Å². The number of nitrogens with zero attached hydrogens (tertiary/aromatic N) is 1. The summed E-state index contributed by atoms with van der Waals surface area (Å²) in [6.45, 7) is 3.58. The van der Waals surface area contributed by atoms with Crippen molar-refractivity contribution in [2.75, 3.05) is 6.54 Å². The van der Waals surface area contributed by atoms with Crippen molar-refractivity contribution in [3.05, 3.63) is 33.8 Å². The van der Waals surface area contributed by atoms with Crippen LogP contribution in [0.5, 0.6) is 0 Å². The number of fused-ring (bicyclic) bond motifs is 1. The van der Waals surface area contributed by atoms with Crippen LogP contribution in [0.15, 0.2) is 22.7 Å². The summed E-state index contributed by atoms with van der Waals surface area (Å²) in [6, 6.07) is 6.38. The average molecular weight is 282 g/mol.